The van der Waals surface area contributed by atoms with Crippen molar-refractivity contribution in [2.45, 2.75) is 19.3 Å². The minimum Gasteiger partial charge on any atom is -0.454 e. The monoisotopic (exact) mass is 218 g/mol. The first kappa shape index (κ1) is 8.81. The van der Waals surface area contributed by atoms with Crippen molar-refractivity contribution in [1.29, 1.82) is 0 Å². The molecule has 0 aliphatic carbocycles. The standard InChI is InChI=1S/C8H11BrO2/c1-8(2,5-10)6-3-4-7(9)11-6/h3-4,10H,5H2,1-2H3. The Morgan fingerprint density at radius 2 is 2.18 bits per heavy atom. The van der Waals surface area contributed by atoms with Gasteiger partial charge in [-0.1, -0.05) is 13.8 Å². The summed E-state index contributed by atoms with van der Waals surface area (Å²) in [5, 5.41) is 8.98. The lowest BCUT2D eigenvalue weighted by molar-refractivity contribution is 0.196. The Labute approximate surface area is 74.3 Å². The van der Waals surface area contributed by atoms with Gasteiger partial charge in [-0.25, -0.2) is 0 Å². The van der Waals surface area contributed by atoms with Gasteiger partial charge in [-0.3, -0.25) is 0 Å². The van der Waals surface area contributed by atoms with Gasteiger partial charge in [0, 0.05) is 5.41 Å². The number of rotatable bonds is 2. The maximum absolute atomic E-state index is 8.98. The molecule has 62 valence electrons. The van der Waals surface area contributed by atoms with E-state index in [2.05, 4.69) is 15.9 Å². The first-order chi connectivity index (χ1) is 5.06. The average molecular weight is 219 g/mol. The highest BCUT2D eigenvalue weighted by atomic mass is 79.9. The molecule has 0 spiro atoms. The molecule has 0 amide bonds. The molecule has 0 unspecified atom stereocenters. The van der Waals surface area contributed by atoms with E-state index < -0.39 is 0 Å². The van der Waals surface area contributed by atoms with Gasteiger partial charge in [-0.05, 0) is 28.1 Å². The van der Waals surface area contributed by atoms with E-state index in [9.17, 15) is 0 Å². The number of aliphatic hydroxyl groups is 1. The summed E-state index contributed by atoms with van der Waals surface area (Å²) in [5.74, 6) is 0.798. The quantitative estimate of drug-likeness (QED) is 0.827. The third kappa shape index (κ3) is 1.84. The van der Waals surface area contributed by atoms with E-state index in [1.54, 1.807) is 0 Å². The van der Waals surface area contributed by atoms with Crippen molar-refractivity contribution in [3.63, 3.8) is 0 Å². The zero-order valence-corrected chi connectivity index (χ0v) is 8.18. The molecule has 0 aliphatic rings. The number of hydrogen-bond acceptors (Lipinski definition) is 2. The van der Waals surface area contributed by atoms with E-state index >= 15 is 0 Å². The predicted molar refractivity (Wildman–Crippen MR) is 46.5 cm³/mol. The number of aliphatic hydroxyl groups excluding tert-OH is 1. The lowest BCUT2D eigenvalue weighted by atomic mass is 9.92. The minimum atomic E-state index is -0.286. The van der Waals surface area contributed by atoms with Crippen molar-refractivity contribution in [2.24, 2.45) is 0 Å². The molecule has 0 bridgehead atoms. The summed E-state index contributed by atoms with van der Waals surface area (Å²) in [4.78, 5) is 0. The van der Waals surface area contributed by atoms with Crippen molar-refractivity contribution >= 4 is 15.9 Å². The smallest absolute Gasteiger partial charge is 0.169 e. The summed E-state index contributed by atoms with van der Waals surface area (Å²) in [6, 6.07) is 3.69. The molecule has 0 saturated heterocycles. The van der Waals surface area contributed by atoms with Crippen molar-refractivity contribution in [2.75, 3.05) is 6.61 Å². The molecular weight excluding hydrogens is 208 g/mol. The fourth-order valence-corrected chi connectivity index (χ4v) is 1.06. The van der Waals surface area contributed by atoms with Gasteiger partial charge in [0.15, 0.2) is 4.67 Å². The molecule has 3 heteroatoms. The Bertz CT molecular complexity index is 240. The van der Waals surface area contributed by atoms with Crippen LogP contribution in [-0.2, 0) is 5.41 Å². The van der Waals surface area contributed by atoms with Crippen LogP contribution in [0.4, 0.5) is 0 Å². The first-order valence-corrected chi connectivity index (χ1v) is 4.22. The number of halogens is 1. The molecule has 0 radical (unpaired) electrons. The van der Waals surface area contributed by atoms with Gasteiger partial charge >= 0.3 is 0 Å². The van der Waals surface area contributed by atoms with Gasteiger partial charge in [0.05, 0.1) is 6.61 Å². The normalized spacial score (nSPS) is 12.0. The van der Waals surface area contributed by atoms with Crippen molar-refractivity contribution in [3.8, 4) is 0 Å². The van der Waals surface area contributed by atoms with E-state index in [4.69, 9.17) is 9.52 Å². The summed E-state index contributed by atoms with van der Waals surface area (Å²) in [6.07, 6.45) is 0. The largest absolute Gasteiger partial charge is 0.454 e. The van der Waals surface area contributed by atoms with Crippen molar-refractivity contribution in [1.82, 2.24) is 0 Å². The third-order valence-corrected chi connectivity index (χ3v) is 2.06. The highest BCUT2D eigenvalue weighted by Gasteiger charge is 2.22. The number of hydrogen-bond donors (Lipinski definition) is 1. The Balaban J connectivity index is 2.92. The Hall–Kier alpha value is -0.280. The average Bonchev–Trinajstić information content (AvgIpc) is 2.36. The maximum Gasteiger partial charge on any atom is 0.169 e. The summed E-state index contributed by atoms with van der Waals surface area (Å²) in [7, 11) is 0. The Kier molecular flexibility index (Phi) is 2.40. The van der Waals surface area contributed by atoms with Crippen LogP contribution in [0.1, 0.15) is 19.6 Å². The summed E-state index contributed by atoms with van der Waals surface area (Å²) in [6.45, 7) is 3.95. The molecule has 0 atom stereocenters. The highest BCUT2D eigenvalue weighted by molar-refractivity contribution is 9.10. The van der Waals surface area contributed by atoms with Crippen molar-refractivity contribution in [3.05, 3.63) is 22.6 Å². The van der Waals surface area contributed by atoms with Crippen LogP contribution in [0.25, 0.3) is 0 Å². The van der Waals surface area contributed by atoms with Gasteiger partial charge < -0.3 is 9.52 Å². The van der Waals surface area contributed by atoms with Crippen LogP contribution in [-0.4, -0.2) is 11.7 Å². The molecule has 11 heavy (non-hydrogen) atoms. The van der Waals surface area contributed by atoms with Crippen LogP contribution in [0.15, 0.2) is 21.2 Å². The molecule has 0 saturated carbocycles. The Morgan fingerprint density at radius 3 is 2.55 bits per heavy atom. The lowest BCUT2D eigenvalue weighted by Crippen LogP contribution is -2.20. The molecule has 0 aliphatic heterocycles. The summed E-state index contributed by atoms with van der Waals surface area (Å²) < 4.78 is 6.00. The van der Waals surface area contributed by atoms with Gasteiger partial charge in [0.2, 0.25) is 0 Å². The lowest BCUT2D eigenvalue weighted by Gasteiger charge is -2.17. The van der Waals surface area contributed by atoms with Gasteiger partial charge in [0.25, 0.3) is 0 Å². The van der Waals surface area contributed by atoms with E-state index in [-0.39, 0.29) is 12.0 Å². The molecule has 2 nitrogen and oxygen atoms in total. The van der Waals surface area contributed by atoms with Gasteiger partial charge in [0.1, 0.15) is 5.76 Å². The molecule has 1 aromatic rings. The van der Waals surface area contributed by atoms with Crippen LogP contribution in [0.2, 0.25) is 0 Å². The molecular formula is C8H11BrO2. The van der Waals surface area contributed by atoms with Crippen LogP contribution >= 0.6 is 15.9 Å². The van der Waals surface area contributed by atoms with Gasteiger partial charge in [-0.15, -0.1) is 0 Å². The third-order valence-electron chi connectivity index (χ3n) is 1.64. The molecule has 1 heterocycles. The molecule has 1 N–H and O–H groups in total. The van der Waals surface area contributed by atoms with Crippen LogP contribution in [0.3, 0.4) is 0 Å². The van der Waals surface area contributed by atoms with Gasteiger partial charge in [-0.2, -0.15) is 0 Å². The Morgan fingerprint density at radius 1 is 1.55 bits per heavy atom. The van der Waals surface area contributed by atoms with E-state index in [0.717, 1.165) is 5.76 Å². The van der Waals surface area contributed by atoms with E-state index in [1.807, 2.05) is 26.0 Å². The van der Waals surface area contributed by atoms with Crippen LogP contribution in [0.5, 0.6) is 0 Å². The SMILES string of the molecule is CC(C)(CO)c1ccc(Br)o1. The second-order valence-corrected chi connectivity index (χ2v) is 3.93. The maximum atomic E-state index is 8.98. The fraction of sp³-hybridized carbons (Fsp3) is 0.500. The summed E-state index contributed by atoms with van der Waals surface area (Å²) >= 11 is 3.21. The zero-order chi connectivity index (χ0) is 8.48. The highest BCUT2D eigenvalue weighted by Crippen LogP contribution is 2.26. The van der Waals surface area contributed by atoms with Crippen molar-refractivity contribution < 1.29 is 9.52 Å². The second kappa shape index (κ2) is 2.99. The summed E-state index contributed by atoms with van der Waals surface area (Å²) in [5.41, 5.74) is -0.286. The van der Waals surface area contributed by atoms with Crippen LogP contribution < -0.4 is 0 Å². The second-order valence-electron chi connectivity index (χ2n) is 3.15. The molecule has 1 aromatic heterocycles. The first-order valence-electron chi connectivity index (χ1n) is 3.43. The van der Waals surface area contributed by atoms with E-state index in [0.29, 0.717) is 4.67 Å². The van der Waals surface area contributed by atoms with E-state index in [1.165, 1.54) is 0 Å². The zero-order valence-electron chi connectivity index (χ0n) is 6.60. The number of furan rings is 1. The minimum absolute atomic E-state index is 0.0902. The topological polar surface area (TPSA) is 33.4 Å². The predicted octanol–water partition coefficient (Wildman–Crippen LogP) is 2.31. The molecule has 1 rings (SSSR count). The fourth-order valence-electron chi connectivity index (χ4n) is 0.756. The molecule has 0 fully saturated rings. The van der Waals surface area contributed by atoms with Crippen LogP contribution in [0, 0.1) is 0 Å². The molecule has 0 aromatic carbocycles.